The first-order valence-corrected chi connectivity index (χ1v) is 6.40. The third-order valence-corrected chi connectivity index (χ3v) is 3.15. The van der Waals surface area contributed by atoms with Crippen molar-refractivity contribution in [3.63, 3.8) is 0 Å². The molecule has 0 saturated carbocycles. The van der Waals surface area contributed by atoms with Crippen LogP contribution in [-0.4, -0.2) is 12.5 Å². The summed E-state index contributed by atoms with van der Waals surface area (Å²) in [4.78, 5) is 11.0. The summed E-state index contributed by atoms with van der Waals surface area (Å²) >= 11 is 0. The third kappa shape index (κ3) is 3.66. The highest BCUT2D eigenvalue weighted by Crippen LogP contribution is 2.18. The first-order valence-electron chi connectivity index (χ1n) is 6.40. The van der Waals surface area contributed by atoms with Gasteiger partial charge in [0.05, 0.1) is 0 Å². The lowest BCUT2D eigenvalue weighted by atomic mass is 9.98. The molecule has 2 aromatic rings. The van der Waals surface area contributed by atoms with E-state index in [-0.39, 0.29) is 18.5 Å². The van der Waals surface area contributed by atoms with Gasteiger partial charge in [-0.25, -0.2) is 0 Å². The maximum absolute atomic E-state index is 11.0. The predicted octanol–water partition coefficient (Wildman–Crippen LogP) is 1.13. The van der Waals surface area contributed by atoms with E-state index in [0.29, 0.717) is 0 Å². The fourth-order valence-electron chi connectivity index (χ4n) is 2.13. The molecule has 0 aromatic heterocycles. The molecule has 2 rings (SSSR count). The van der Waals surface area contributed by atoms with Crippen LogP contribution >= 0.6 is 0 Å². The topological polar surface area (TPSA) is 59.7 Å². The number of amides is 1. The van der Waals surface area contributed by atoms with Gasteiger partial charge in [0.15, 0.2) is 6.54 Å². The summed E-state index contributed by atoms with van der Waals surface area (Å²) in [7, 11) is 0. The number of carbonyl (C=O) groups is 1. The lowest BCUT2D eigenvalue weighted by Crippen LogP contribution is -2.87. The highest BCUT2D eigenvalue weighted by molar-refractivity contribution is 5.74. The first kappa shape index (κ1) is 13.3. The quantitative estimate of drug-likeness (QED) is 0.827. The van der Waals surface area contributed by atoms with Crippen LogP contribution in [0.1, 0.15) is 22.7 Å². The van der Waals surface area contributed by atoms with Crippen molar-refractivity contribution in [2.45, 2.75) is 13.0 Å². The number of carbonyl (C=O) groups excluding carboxylic acids is 1. The van der Waals surface area contributed by atoms with Crippen molar-refractivity contribution in [2.24, 2.45) is 5.73 Å². The van der Waals surface area contributed by atoms with Crippen LogP contribution in [0.4, 0.5) is 0 Å². The SMILES string of the molecule is Cc1ccc([C@H]([NH2+]CC(N)=O)c2ccccc2)cc1. The van der Waals surface area contributed by atoms with Crippen molar-refractivity contribution >= 4 is 5.91 Å². The van der Waals surface area contributed by atoms with E-state index in [1.165, 1.54) is 16.7 Å². The van der Waals surface area contributed by atoms with E-state index < -0.39 is 0 Å². The molecule has 4 N–H and O–H groups in total. The molecule has 2 aromatic carbocycles. The summed E-state index contributed by atoms with van der Waals surface area (Å²) in [5.41, 5.74) is 8.83. The molecule has 1 amide bonds. The number of nitrogens with two attached hydrogens (primary N) is 2. The minimum atomic E-state index is -0.298. The normalized spacial score (nSPS) is 12.1. The van der Waals surface area contributed by atoms with Gasteiger partial charge in [0.25, 0.3) is 5.91 Å². The number of quaternary nitrogens is 1. The Hall–Kier alpha value is -2.13. The zero-order valence-corrected chi connectivity index (χ0v) is 11.0. The van der Waals surface area contributed by atoms with Crippen LogP contribution < -0.4 is 11.1 Å². The summed E-state index contributed by atoms with van der Waals surface area (Å²) < 4.78 is 0. The number of aryl methyl sites for hydroxylation is 1. The number of rotatable bonds is 5. The molecule has 3 heteroatoms. The van der Waals surface area contributed by atoms with Crippen molar-refractivity contribution in [2.75, 3.05) is 6.54 Å². The minimum Gasteiger partial charge on any atom is -0.365 e. The second-order valence-electron chi connectivity index (χ2n) is 4.71. The standard InChI is InChI=1S/C16H18N2O/c1-12-7-9-14(10-8-12)16(18-11-15(17)19)13-5-3-2-4-6-13/h2-10,16,18H,11H2,1H3,(H2,17,19)/p+1/t16-/m1/s1. The van der Waals surface area contributed by atoms with Crippen molar-refractivity contribution in [3.8, 4) is 0 Å². The molecule has 0 heterocycles. The van der Waals surface area contributed by atoms with Crippen molar-refractivity contribution < 1.29 is 10.1 Å². The second-order valence-corrected chi connectivity index (χ2v) is 4.71. The molecule has 1 atom stereocenters. The monoisotopic (exact) mass is 255 g/mol. The Labute approximate surface area is 113 Å². The van der Waals surface area contributed by atoms with Gasteiger partial charge in [-0.05, 0) is 6.92 Å². The highest BCUT2D eigenvalue weighted by Gasteiger charge is 2.17. The summed E-state index contributed by atoms with van der Waals surface area (Å²) in [6.45, 7) is 2.35. The molecular formula is C16H19N2O+. The van der Waals surface area contributed by atoms with Crippen LogP contribution in [0.3, 0.4) is 0 Å². The molecule has 0 spiro atoms. The molecular weight excluding hydrogens is 236 g/mol. The molecule has 0 aliphatic rings. The molecule has 0 radical (unpaired) electrons. The van der Waals surface area contributed by atoms with E-state index in [4.69, 9.17) is 5.73 Å². The van der Waals surface area contributed by atoms with Gasteiger partial charge in [0, 0.05) is 11.1 Å². The zero-order valence-electron chi connectivity index (χ0n) is 11.0. The maximum atomic E-state index is 11.0. The lowest BCUT2D eigenvalue weighted by Gasteiger charge is -2.16. The molecule has 0 unspecified atom stereocenters. The van der Waals surface area contributed by atoms with Crippen LogP contribution in [0.15, 0.2) is 54.6 Å². The Morgan fingerprint density at radius 2 is 1.63 bits per heavy atom. The van der Waals surface area contributed by atoms with Crippen LogP contribution in [-0.2, 0) is 4.79 Å². The van der Waals surface area contributed by atoms with Crippen molar-refractivity contribution in [3.05, 3.63) is 71.3 Å². The van der Waals surface area contributed by atoms with Gasteiger partial charge in [-0.3, -0.25) is 4.79 Å². The van der Waals surface area contributed by atoms with Crippen LogP contribution in [0, 0.1) is 6.92 Å². The van der Waals surface area contributed by atoms with E-state index in [1.807, 2.05) is 23.5 Å². The third-order valence-electron chi connectivity index (χ3n) is 3.15. The van der Waals surface area contributed by atoms with E-state index in [2.05, 4.69) is 43.3 Å². The Bertz CT molecular complexity index is 534. The molecule has 0 aliphatic carbocycles. The number of benzene rings is 2. The van der Waals surface area contributed by atoms with Gasteiger partial charge in [-0.1, -0.05) is 60.2 Å². The lowest BCUT2D eigenvalue weighted by molar-refractivity contribution is -0.676. The van der Waals surface area contributed by atoms with Crippen molar-refractivity contribution in [1.82, 2.24) is 0 Å². The average Bonchev–Trinajstić information content (AvgIpc) is 2.42. The number of hydrogen-bond acceptors (Lipinski definition) is 1. The predicted molar refractivity (Wildman–Crippen MR) is 75.5 cm³/mol. The first-order chi connectivity index (χ1) is 9.16. The van der Waals surface area contributed by atoms with Crippen LogP contribution in [0.5, 0.6) is 0 Å². The molecule has 98 valence electrons. The summed E-state index contributed by atoms with van der Waals surface area (Å²) in [6, 6.07) is 18.6. The largest absolute Gasteiger partial charge is 0.365 e. The van der Waals surface area contributed by atoms with Gasteiger partial charge in [-0.2, -0.15) is 0 Å². The number of primary amides is 1. The Morgan fingerprint density at radius 3 is 2.21 bits per heavy atom. The van der Waals surface area contributed by atoms with Gasteiger partial charge >= 0.3 is 0 Å². The summed E-state index contributed by atoms with van der Waals surface area (Å²) in [6.07, 6.45) is 0. The number of hydrogen-bond donors (Lipinski definition) is 2. The van der Waals surface area contributed by atoms with Crippen molar-refractivity contribution in [1.29, 1.82) is 0 Å². The van der Waals surface area contributed by atoms with Gasteiger partial charge in [-0.15, -0.1) is 0 Å². The average molecular weight is 255 g/mol. The molecule has 3 nitrogen and oxygen atoms in total. The Morgan fingerprint density at radius 1 is 1.05 bits per heavy atom. The summed E-state index contributed by atoms with van der Waals surface area (Å²) in [5, 5.41) is 1.97. The van der Waals surface area contributed by atoms with E-state index in [9.17, 15) is 4.79 Å². The molecule has 0 fully saturated rings. The second kappa shape index (κ2) is 6.16. The molecule has 0 saturated heterocycles. The Kier molecular flexibility index (Phi) is 4.31. The molecule has 0 bridgehead atoms. The van der Waals surface area contributed by atoms with E-state index >= 15 is 0 Å². The maximum Gasteiger partial charge on any atom is 0.272 e. The van der Waals surface area contributed by atoms with E-state index in [1.54, 1.807) is 0 Å². The summed E-state index contributed by atoms with van der Waals surface area (Å²) in [5.74, 6) is -0.298. The zero-order chi connectivity index (χ0) is 13.7. The Balaban J connectivity index is 2.28. The van der Waals surface area contributed by atoms with E-state index in [0.717, 1.165) is 0 Å². The molecule has 0 aliphatic heterocycles. The van der Waals surface area contributed by atoms with Gasteiger partial charge in [0.2, 0.25) is 0 Å². The van der Waals surface area contributed by atoms with Crippen LogP contribution in [0.2, 0.25) is 0 Å². The minimum absolute atomic E-state index is 0.106. The van der Waals surface area contributed by atoms with Crippen LogP contribution in [0.25, 0.3) is 0 Å². The fraction of sp³-hybridized carbons (Fsp3) is 0.188. The highest BCUT2D eigenvalue weighted by atomic mass is 16.1. The van der Waals surface area contributed by atoms with Gasteiger partial charge in [0.1, 0.15) is 6.04 Å². The fourth-order valence-corrected chi connectivity index (χ4v) is 2.13. The molecule has 19 heavy (non-hydrogen) atoms. The smallest absolute Gasteiger partial charge is 0.272 e. The van der Waals surface area contributed by atoms with Gasteiger partial charge < -0.3 is 11.1 Å².